The summed E-state index contributed by atoms with van der Waals surface area (Å²) < 4.78 is 23.2. The van der Waals surface area contributed by atoms with Crippen molar-refractivity contribution in [1.82, 2.24) is 0 Å². The van der Waals surface area contributed by atoms with Gasteiger partial charge >= 0.3 is 0 Å². The highest BCUT2D eigenvalue weighted by Crippen LogP contribution is 2.30. The molecule has 4 nitrogen and oxygen atoms in total. The second-order valence-corrected chi connectivity index (χ2v) is 4.52. The molecule has 0 unspecified atom stereocenters. The Hall–Kier alpha value is -2.27. The Labute approximate surface area is 123 Å². The van der Waals surface area contributed by atoms with Gasteiger partial charge in [-0.3, -0.25) is 0 Å². The summed E-state index contributed by atoms with van der Waals surface area (Å²) in [7, 11) is 3.11. The van der Waals surface area contributed by atoms with Crippen LogP contribution in [0.25, 0.3) is 0 Å². The number of hydrogen-bond donors (Lipinski definition) is 2. The Morgan fingerprint density at radius 3 is 2.33 bits per heavy atom. The number of nitrogens with one attached hydrogen (secondary N) is 1. The Kier molecular flexibility index (Phi) is 5.00. The van der Waals surface area contributed by atoms with Gasteiger partial charge in [-0.1, -0.05) is 6.07 Å². The predicted molar refractivity (Wildman–Crippen MR) is 79.4 cm³/mol. The van der Waals surface area contributed by atoms with Crippen LogP contribution in [0.1, 0.15) is 11.7 Å². The Morgan fingerprint density at radius 2 is 1.71 bits per heavy atom. The molecule has 0 aliphatic heterocycles. The number of methoxy groups -OCH3 is 2. The maximum absolute atomic E-state index is 12.8. The standard InChI is InChI=1S/C16H18FNO3/c1-20-15-8-3-11(9-16(15)21-2)14(19)10-18-13-6-4-12(17)5-7-13/h3-9,14,18-19H,10H2,1-2H3/t14-/m0/s1. The molecule has 0 bridgehead atoms. The molecule has 0 aromatic heterocycles. The zero-order chi connectivity index (χ0) is 15.2. The van der Waals surface area contributed by atoms with Crippen molar-refractivity contribution < 1.29 is 19.0 Å². The van der Waals surface area contributed by atoms with Crippen molar-refractivity contribution in [1.29, 1.82) is 0 Å². The quantitative estimate of drug-likeness (QED) is 0.859. The van der Waals surface area contributed by atoms with Crippen LogP contribution in [0.5, 0.6) is 11.5 Å². The minimum Gasteiger partial charge on any atom is -0.493 e. The van der Waals surface area contributed by atoms with Crippen LogP contribution in [0.4, 0.5) is 10.1 Å². The van der Waals surface area contributed by atoms with Gasteiger partial charge in [0.1, 0.15) is 5.82 Å². The fourth-order valence-corrected chi connectivity index (χ4v) is 1.96. The van der Waals surface area contributed by atoms with Crippen LogP contribution in [0.2, 0.25) is 0 Å². The van der Waals surface area contributed by atoms with Gasteiger partial charge in [-0.25, -0.2) is 4.39 Å². The molecular formula is C16H18FNO3. The first-order valence-electron chi connectivity index (χ1n) is 6.53. The molecule has 0 radical (unpaired) electrons. The molecule has 1 atom stereocenters. The van der Waals surface area contributed by atoms with Crippen LogP contribution < -0.4 is 14.8 Å². The van der Waals surface area contributed by atoms with E-state index in [1.54, 1.807) is 44.6 Å². The molecular weight excluding hydrogens is 273 g/mol. The first-order valence-corrected chi connectivity index (χ1v) is 6.53. The van der Waals surface area contributed by atoms with Crippen LogP contribution in [-0.4, -0.2) is 25.9 Å². The highest BCUT2D eigenvalue weighted by Gasteiger charge is 2.11. The van der Waals surface area contributed by atoms with Gasteiger partial charge in [0.05, 0.1) is 20.3 Å². The summed E-state index contributed by atoms with van der Waals surface area (Å²) >= 11 is 0. The molecule has 2 aromatic carbocycles. The van der Waals surface area contributed by atoms with Gasteiger partial charge in [0.15, 0.2) is 11.5 Å². The molecule has 112 valence electrons. The molecule has 0 fully saturated rings. The van der Waals surface area contributed by atoms with E-state index in [1.807, 2.05) is 0 Å². The highest BCUT2D eigenvalue weighted by atomic mass is 19.1. The van der Waals surface area contributed by atoms with E-state index in [-0.39, 0.29) is 5.82 Å². The molecule has 5 heteroatoms. The van der Waals surface area contributed by atoms with Crippen molar-refractivity contribution in [2.45, 2.75) is 6.10 Å². The molecule has 2 aromatic rings. The predicted octanol–water partition coefficient (Wildman–Crippen LogP) is 2.99. The van der Waals surface area contributed by atoms with Gasteiger partial charge in [-0.2, -0.15) is 0 Å². The first-order chi connectivity index (χ1) is 10.1. The smallest absolute Gasteiger partial charge is 0.161 e. The van der Waals surface area contributed by atoms with Crippen molar-refractivity contribution in [3.8, 4) is 11.5 Å². The number of rotatable bonds is 6. The summed E-state index contributed by atoms with van der Waals surface area (Å²) in [5, 5.41) is 13.2. The lowest BCUT2D eigenvalue weighted by atomic mass is 10.1. The molecule has 0 amide bonds. The third-order valence-corrected chi connectivity index (χ3v) is 3.14. The lowest BCUT2D eigenvalue weighted by Gasteiger charge is -2.15. The summed E-state index contributed by atoms with van der Waals surface area (Å²) in [6.07, 6.45) is -0.713. The summed E-state index contributed by atoms with van der Waals surface area (Å²) in [6, 6.07) is 11.2. The minimum atomic E-state index is -0.713. The first kappa shape index (κ1) is 15.1. The molecule has 2 N–H and O–H groups in total. The lowest BCUT2D eigenvalue weighted by Crippen LogP contribution is -2.12. The maximum atomic E-state index is 12.8. The Morgan fingerprint density at radius 1 is 1.05 bits per heavy atom. The molecule has 0 heterocycles. The number of benzene rings is 2. The number of anilines is 1. The van der Waals surface area contributed by atoms with E-state index >= 15 is 0 Å². The highest BCUT2D eigenvalue weighted by molar-refractivity contribution is 5.45. The van der Waals surface area contributed by atoms with Crippen LogP contribution in [0.3, 0.4) is 0 Å². The van der Waals surface area contributed by atoms with Crippen molar-refractivity contribution in [3.05, 3.63) is 53.8 Å². The van der Waals surface area contributed by atoms with E-state index in [0.717, 1.165) is 5.69 Å². The van der Waals surface area contributed by atoms with Crippen LogP contribution in [0, 0.1) is 5.82 Å². The molecule has 0 saturated heterocycles. The Bertz CT molecular complexity index is 587. The average Bonchev–Trinajstić information content (AvgIpc) is 2.53. The van der Waals surface area contributed by atoms with Crippen LogP contribution >= 0.6 is 0 Å². The Balaban J connectivity index is 2.02. The number of ether oxygens (including phenoxy) is 2. The van der Waals surface area contributed by atoms with E-state index in [0.29, 0.717) is 23.6 Å². The van der Waals surface area contributed by atoms with E-state index < -0.39 is 6.10 Å². The zero-order valence-electron chi connectivity index (χ0n) is 12.0. The second kappa shape index (κ2) is 6.95. The number of hydrogen-bond acceptors (Lipinski definition) is 4. The molecule has 21 heavy (non-hydrogen) atoms. The zero-order valence-corrected chi connectivity index (χ0v) is 12.0. The molecule has 0 aliphatic carbocycles. The fraction of sp³-hybridized carbons (Fsp3) is 0.250. The van der Waals surface area contributed by atoms with Crippen molar-refractivity contribution in [2.75, 3.05) is 26.1 Å². The van der Waals surface area contributed by atoms with Gasteiger partial charge < -0.3 is 19.9 Å². The van der Waals surface area contributed by atoms with E-state index in [9.17, 15) is 9.50 Å². The monoisotopic (exact) mass is 291 g/mol. The second-order valence-electron chi connectivity index (χ2n) is 4.52. The van der Waals surface area contributed by atoms with Gasteiger partial charge in [0, 0.05) is 12.2 Å². The van der Waals surface area contributed by atoms with Crippen LogP contribution in [-0.2, 0) is 0 Å². The van der Waals surface area contributed by atoms with E-state index in [1.165, 1.54) is 12.1 Å². The number of halogens is 1. The summed E-state index contributed by atoms with van der Waals surface area (Å²) in [4.78, 5) is 0. The molecule has 0 saturated carbocycles. The number of aliphatic hydroxyl groups is 1. The van der Waals surface area contributed by atoms with Gasteiger partial charge in [-0.15, -0.1) is 0 Å². The number of aliphatic hydroxyl groups excluding tert-OH is 1. The normalized spacial score (nSPS) is 11.8. The van der Waals surface area contributed by atoms with Crippen molar-refractivity contribution >= 4 is 5.69 Å². The van der Waals surface area contributed by atoms with Crippen molar-refractivity contribution in [2.24, 2.45) is 0 Å². The minimum absolute atomic E-state index is 0.291. The summed E-state index contributed by atoms with van der Waals surface area (Å²) in [5.41, 5.74) is 1.46. The largest absolute Gasteiger partial charge is 0.493 e. The maximum Gasteiger partial charge on any atom is 0.161 e. The topological polar surface area (TPSA) is 50.7 Å². The molecule has 0 aliphatic rings. The lowest BCUT2D eigenvalue weighted by molar-refractivity contribution is 0.191. The van der Waals surface area contributed by atoms with Crippen LogP contribution in [0.15, 0.2) is 42.5 Å². The third kappa shape index (κ3) is 3.86. The van der Waals surface area contributed by atoms with Gasteiger partial charge in [-0.05, 0) is 42.0 Å². The summed E-state index contributed by atoms with van der Waals surface area (Å²) in [6.45, 7) is 0.307. The molecule has 2 rings (SSSR count). The fourth-order valence-electron chi connectivity index (χ4n) is 1.96. The van der Waals surface area contributed by atoms with E-state index in [2.05, 4.69) is 5.32 Å². The van der Waals surface area contributed by atoms with E-state index in [4.69, 9.17) is 9.47 Å². The molecule has 0 spiro atoms. The SMILES string of the molecule is COc1ccc([C@@H](O)CNc2ccc(F)cc2)cc1OC. The summed E-state index contributed by atoms with van der Waals surface area (Å²) in [5.74, 6) is 0.886. The van der Waals surface area contributed by atoms with Gasteiger partial charge in [0.2, 0.25) is 0 Å². The van der Waals surface area contributed by atoms with Gasteiger partial charge in [0.25, 0.3) is 0 Å². The van der Waals surface area contributed by atoms with Crippen molar-refractivity contribution in [3.63, 3.8) is 0 Å². The third-order valence-electron chi connectivity index (χ3n) is 3.14. The average molecular weight is 291 g/mol.